The third kappa shape index (κ3) is 3.00. The molecule has 0 aliphatic heterocycles. The van der Waals surface area contributed by atoms with Crippen LogP contribution in [0, 0.1) is 0 Å². The molecule has 0 spiro atoms. The number of H-pyrrole nitrogens is 1. The maximum Gasteiger partial charge on any atom is 0.125 e. The fourth-order valence-electron chi connectivity index (χ4n) is 1.97. The number of benzene rings is 2. The fourth-order valence-corrected chi connectivity index (χ4v) is 2.10. The van der Waals surface area contributed by atoms with Crippen LogP contribution in [0.4, 0.5) is 5.69 Å². The topological polar surface area (TPSA) is 40.7 Å². The molecule has 3 nitrogen and oxygen atoms in total. The van der Waals surface area contributed by atoms with Crippen molar-refractivity contribution >= 4 is 17.3 Å². The number of hydrogen-bond donors (Lipinski definition) is 2. The van der Waals surface area contributed by atoms with Gasteiger partial charge in [0, 0.05) is 10.7 Å². The number of hydrogen-bond acceptors (Lipinski definition) is 2. The first kappa shape index (κ1) is 12.8. The van der Waals surface area contributed by atoms with Crippen LogP contribution in [-0.4, -0.2) is 9.97 Å². The van der Waals surface area contributed by atoms with Gasteiger partial charge in [-0.2, -0.15) is 0 Å². The summed E-state index contributed by atoms with van der Waals surface area (Å²) in [7, 11) is 0. The maximum atomic E-state index is 5.89. The molecule has 0 bridgehead atoms. The molecule has 3 aromatic rings. The van der Waals surface area contributed by atoms with E-state index in [0.717, 1.165) is 27.8 Å². The third-order valence-corrected chi connectivity index (χ3v) is 3.27. The Labute approximate surface area is 122 Å². The lowest BCUT2D eigenvalue weighted by Crippen LogP contribution is -2.00. The first-order valence-corrected chi connectivity index (χ1v) is 6.78. The van der Waals surface area contributed by atoms with E-state index in [1.807, 2.05) is 60.8 Å². The summed E-state index contributed by atoms with van der Waals surface area (Å²) in [6.45, 7) is 0.664. The van der Waals surface area contributed by atoms with Gasteiger partial charge in [0.2, 0.25) is 0 Å². The Morgan fingerprint density at radius 2 is 1.75 bits per heavy atom. The molecular weight excluding hydrogens is 270 g/mol. The number of nitrogens with zero attached hydrogens (tertiary/aromatic N) is 1. The Bertz CT molecular complexity index is 674. The first-order valence-electron chi connectivity index (χ1n) is 6.40. The van der Waals surface area contributed by atoms with Gasteiger partial charge >= 0.3 is 0 Å². The highest BCUT2D eigenvalue weighted by molar-refractivity contribution is 6.30. The number of anilines is 1. The van der Waals surface area contributed by atoms with Crippen molar-refractivity contribution in [3.63, 3.8) is 0 Å². The summed E-state index contributed by atoms with van der Waals surface area (Å²) >= 11 is 5.89. The third-order valence-electron chi connectivity index (χ3n) is 3.02. The average molecular weight is 284 g/mol. The average Bonchev–Trinajstić information content (AvgIpc) is 2.96. The van der Waals surface area contributed by atoms with Crippen LogP contribution in [0.2, 0.25) is 5.02 Å². The molecule has 0 fully saturated rings. The van der Waals surface area contributed by atoms with Crippen molar-refractivity contribution in [1.82, 2.24) is 9.97 Å². The van der Waals surface area contributed by atoms with Gasteiger partial charge in [-0.15, -0.1) is 0 Å². The molecule has 1 aromatic heterocycles. The number of imidazole rings is 1. The van der Waals surface area contributed by atoms with E-state index in [1.54, 1.807) is 0 Å². The minimum Gasteiger partial charge on any atom is -0.378 e. The van der Waals surface area contributed by atoms with Crippen molar-refractivity contribution < 1.29 is 0 Å². The summed E-state index contributed by atoms with van der Waals surface area (Å²) in [5.74, 6) is 0.902. The highest BCUT2D eigenvalue weighted by Gasteiger charge is 2.03. The van der Waals surface area contributed by atoms with Crippen LogP contribution in [0.15, 0.2) is 60.8 Å². The van der Waals surface area contributed by atoms with Crippen molar-refractivity contribution in [2.24, 2.45) is 0 Å². The van der Waals surface area contributed by atoms with Crippen LogP contribution < -0.4 is 5.32 Å². The Morgan fingerprint density at radius 1 is 1.00 bits per heavy atom. The molecule has 20 heavy (non-hydrogen) atoms. The van der Waals surface area contributed by atoms with Crippen LogP contribution in [0.25, 0.3) is 11.3 Å². The van der Waals surface area contributed by atoms with E-state index in [2.05, 4.69) is 15.3 Å². The molecule has 4 heteroatoms. The lowest BCUT2D eigenvalue weighted by atomic mass is 10.2. The van der Waals surface area contributed by atoms with Gasteiger partial charge in [-0.05, 0) is 29.8 Å². The molecule has 0 unspecified atom stereocenters. The smallest absolute Gasteiger partial charge is 0.125 e. The zero-order valence-corrected chi connectivity index (χ0v) is 11.6. The van der Waals surface area contributed by atoms with Crippen LogP contribution in [0.1, 0.15) is 5.82 Å². The lowest BCUT2D eigenvalue weighted by Gasteiger charge is -2.03. The fraction of sp³-hybridized carbons (Fsp3) is 0.0625. The first-order chi connectivity index (χ1) is 9.81. The molecule has 2 aromatic carbocycles. The molecule has 1 heterocycles. The zero-order chi connectivity index (χ0) is 13.8. The largest absolute Gasteiger partial charge is 0.378 e. The molecule has 0 saturated heterocycles. The van der Waals surface area contributed by atoms with Gasteiger partial charge in [0.25, 0.3) is 0 Å². The Balaban J connectivity index is 1.69. The molecular formula is C16H14ClN3. The summed E-state index contributed by atoms with van der Waals surface area (Å²) in [5, 5.41) is 4.06. The lowest BCUT2D eigenvalue weighted by molar-refractivity contribution is 1.00. The molecule has 0 saturated carbocycles. The van der Waals surface area contributed by atoms with Gasteiger partial charge in [-0.3, -0.25) is 0 Å². The maximum absolute atomic E-state index is 5.89. The molecule has 0 aliphatic carbocycles. The quantitative estimate of drug-likeness (QED) is 0.748. The molecule has 0 amide bonds. The molecule has 100 valence electrons. The number of halogens is 1. The minimum absolute atomic E-state index is 0.664. The van der Waals surface area contributed by atoms with Crippen molar-refractivity contribution in [3.8, 4) is 11.3 Å². The van der Waals surface area contributed by atoms with E-state index in [1.165, 1.54) is 0 Å². The van der Waals surface area contributed by atoms with Gasteiger partial charge in [-0.1, -0.05) is 41.9 Å². The highest BCUT2D eigenvalue weighted by Crippen LogP contribution is 2.19. The van der Waals surface area contributed by atoms with Gasteiger partial charge < -0.3 is 10.3 Å². The van der Waals surface area contributed by atoms with E-state index < -0.39 is 0 Å². The monoisotopic (exact) mass is 283 g/mol. The van der Waals surface area contributed by atoms with Crippen LogP contribution >= 0.6 is 11.6 Å². The summed E-state index contributed by atoms with van der Waals surface area (Å²) in [4.78, 5) is 7.68. The standard InChI is InChI=1S/C16H14ClN3/c17-13-8-6-12(7-9-13)15-10-19-16(20-15)11-18-14-4-2-1-3-5-14/h1-10,18H,11H2,(H,19,20). The number of aromatic nitrogens is 2. The predicted molar refractivity (Wildman–Crippen MR) is 82.8 cm³/mol. The van der Waals surface area contributed by atoms with Crippen molar-refractivity contribution in [2.75, 3.05) is 5.32 Å². The van der Waals surface area contributed by atoms with Crippen LogP contribution in [-0.2, 0) is 6.54 Å². The Hall–Kier alpha value is -2.26. The van der Waals surface area contributed by atoms with E-state index in [9.17, 15) is 0 Å². The van der Waals surface area contributed by atoms with E-state index in [0.29, 0.717) is 6.54 Å². The van der Waals surface area contributed by atoms with Crippen LogP contribution in [0.3, 0.4) is 0 Å². The van der Waals surface area contributed by atoms with Crippen molar-refractivity contribution in [2.45, 2.75) is 6.54 Å². The number of rotatable bonds is 4. The predicted octanol–water partition coefficient (Wildman–Crippen LogP) is 4.34. The Kier molecular flexibility index (Phi) is 3.70. The number of para-hydroxylation sites is 1. The molecule has 0 aliphatic rings. The second-order valence-electron chi connectivity index (χ2n) is 4.47. The summed E-state index contributed by atoms with van der Waals surface area (Å²) in [6.07, 6.45) is 1.84. The summed E-state index contributed by atoms with van der Waals surface area (Å²) < 4.78 is 0. The van der Waals surface area contributed by atoms with E-state index in [-0.39, 0.29) is 0 Å². The second kappa shape index (κ2) is 5.80. The summed E-state index contributed by atoms with van der Waals surface area (Å²) in [5.41, 5.74) is 3.15. The molecule has 3 rings (SSSR count). The second-order valence-corrected chi connectivity index (χ2v) is 4.91. The van der Waals surface area contributed by atoms with Crippen molar-refractivity contribution in [1.29, 1.82) is 0 Å². The number of nitrogens with one attached hydrogen (secondary N) is 2. The highest BCUT2D eigenvalue weighted by atomic mass is 35.5. The molecule has 0 atom stereocenters. The van der Waals surface area contributed by atoms with Crippen molar-refractivity contribution in [3.05, 3.63) is 71.6 Å². The zero-order valence-electron chi connectivity index (χ0n) is 10.8. The van der Waals surface area contributed by atoms with Gasteiger partial charge in [0.15, 0.2) is 0 Å². The van der Waals surface area contributed by atoms with E-state index in [4.69, 9.17) is 11.6 Å². The van der Waals surface area contributed by atoms with Gasteiger partial charge in [0.05, 0.1) is 18.4 Å². The minimum atomic E-state index is 0.664. The molecule has 0 radical (unpaired) electrons. The van der Waals surface area contributed by atoms with E-state index >= 15 is 0 Å². The van der Waals surface area contributed by atoms with Crippen LogP contribution in [0.5, 0.6) is 0 Å². The normalized spacial score (nSPS) is 10.4. The molecule has 2 N–H and O–H groups in total. The SMILES string of the molecule is Clc1ccc(-c2cnc(CNc3ccccc3)[nH]2)cc1. The number of aromatic amines is 1. The summed E-state index contributed by atoms with van der Waals surface area (Å²) in [6, 6.07) is 17.8. The Morgan fingerprint density at radius 3 is 2.50 bits per heavy atom. The van der Waals surface area contributed by atoms with Gasteiger partial charge in [0.1, 0.15) is 5.82 Å². The van der Waals surface area contributed by atoms with Gasteiger partial charge in [-0.25, -0.2) is 4.98 Å².